The number of hydrogen-bond acceptors (Lipinski definition) is 5. The maximum atomic E-state index is 9.35. The molecule has 0 saturated heterocycles. The molecule has 1 rings (SSSR count). The summed E-state index contributed by atoms with van der Waals surface area (Å²) in [7, 11) is 3.42. The van der Waals surface area contributed by atoms with Crippen molar-refractivity contribution in [3.05, 3.63) is 0 Å². The Morgan fingerprint density at radius 1 is 1.24 bits per heavy atom. The van der Waals surface area contributed by atoms with Crippen LogP contribution in [0.15, 0.2) is 0 Å². The lowest BCUT2D eigenvalue weighted by Crippen LogP contribution is -2.46. The molecule has 1 fully saturated rings. The average molecular weight is 246 g/mol. The Morgan fingerprint density at radius 3 is 2.24 bits per heavy atom. The quantitative estimate of drug-likeness (QED) is 0.524. The minimum atomic E-state index is 0.163. The van der Waals surface area contributed by atoms with Gasteiger partial charge in [0.15, 0.2) is 0 Å². The van der Waals surface area contributed by atoms with Crippen LogP contribution in [0.2, 0.25) is 0 Å². The number of aliphatic hydroxyl groups excluding tert-OH is 1. The summed E-state index contributed by atoms with van der Waals surface area (Å²) in [5.41, 5.74) is 0. The third-order valence-electron chi connectivity index (χ3n) is 2.97. The molecular weight excluding hydrogens is 220 g/mol. The fraction of sp³-hybridized carbons (Fsp3) is 1.00. The van der Waals surface area contributed by atoms with Gasteiger partial charge in [0, 0.05) is 45.9 Å². The summed E-state index contributed by atoms with van der Waals surface area (Å²) in [4.78, 5) is 2.27. The van der Waals surface area contributed by atoms with E-state index in [2.05, 4.69) is 10.2 Å². The second-order valence-corrected chi connectivity index (χ2v) is 4.61. The lowest BCUT2D eigenvalue weighted by atomic mass is 10.2. The van der Waals surface area contributed by atoms with Gasteiger partial charge in [-0.2, -0.15) is 0 Å². The van der Waals surface area contributed by atoms with Crippen molar-refractivity contribution >= 4 is 0 Å². The molecule has 0 aromatic heterocycles. The van der Waals surface area contributed by atoms with Gasteiger partial charge in [0.1, 0.15) is 0 Å². The zero-order valence-corrected chi connectivity index (χ0v) is 11.0. The Labute approximate surface area is 104 Å². The number of aliphatic hydroxyl groups is 1. The molecule has 0 radical (unpaired) electrons. The molecule has 0 spiro atoms. The van der Waals surface area contributed by atoms with Crippen molar-refractivity contribution in [2.75, 3.05) is 53.7 Å². The maximum Gasteiger partial charge on any atom is 0.0597 e. The Hall–Kier alpha value is -0.200. The van der Waals surface area contributed by atoms with Gasteiger partial charge in [-0.15, -0.1) is 0 Å². The van der Waals surface area contributed by atoms with E-state index in [1.807, 2.05) is 0 Å². The monoisotopic (exact) mass is 246 g/mol. The fourth-order valence-electron chi connectivity index (χ4n) is 1.79. The normalized spacial score (nSPS) is 17.6. The van der Waals surface area contributed by atoms with E-state index in [4.69, 9.17) is 9.47 Å². The van der Waals surface area contributed by atoms with E-state index < -0.39 is 0 Å². The Morgan fingerprint density at radius 2 is 1.82 bits per heavy atom. The number of nitrogens with zero attached hydrogens (tertiary/aromatic N) is 1. The molecule has 1 unspecified atom stereocenters. The second-order valence-electron chi connectivity index (χ2n) is 4.61. The van der Waals surface area contributed by atoms with E-state index in [1.54, 1.807) is 14.2 Å². The van der Waals surface area contributed by atoms with Crippen molar-refractivity contribution in [3.63, 3.8) is 0 Å². The zero-order valence-electron chi connectivity index (χ0n) is 11.0. The predicted octanol–water partition coefficient (Wildman–Crippen LogP) is -0.306. The first-order chi connectivity index (χ1) is 8.30. The van der Waals surface area contributed by atoms with Crippen LogP contribution >= 0.6 is 0 Å². The van der Waals surface area contributed by atoms with Crippen LogP contribution in [0.1, 0.15) is 12.8 Å². The molecule has 0 bridgehead atoms. The van der Waals surface area contributed by atoms with E-state index in [0.717, 1.165) is 19.6 Å². The minimum absolute atomic E-state index is 0.163. The highest BCUT2D eigenvalue weighted by Crippen LogP contribution is 2.19. The van der Waals surface area contributed by atoms with E-state index >= 15 is 0 Å². The first-order valence-corrected chi connectivity index (χ1v) is 6.37. The molecule has 102 valence electrons. The molecule has 1 aliphatic carbocycles. The SMILES string of the molecule is COCCN(CCOC)CC(CO)NC1CC1. The molecule has 0 heterocycles. The van der Waals surface area contributed by atoms with Gasteiger partial charge in [-0.1, -0.05) is 0 Å². The van der Waals surface area contributed by atoms with Crippen LogP contribution in [0.4, 0.5) is 0 Å². The number of nitrogens with one attached hydrogen (secondary N) is 1. The lowest BCUT2D eigenvalue weighted by molar-refractivity contribution is 0.0988. The number of methoxy groups -OCH3 is 2. The Kier molecular flexibility index (Phi) is 7.72. The van der Waals surface area contributed by atoms with E-state index in [0.29, 0.717) is 19.3 Å². The lowest BCUT2D eigenvalue weighted by Gasteiger charge is -2.26. The third kappa shape index (κ3) is 6.95. The molecular formula is C12H26N2O3. The van der Waals surface area contributed by atoms with Crippen LogP contribution < -0.4 is 5.32 Å². The standard InChI is InChI=1S/C12H26N2O3/c1-16-7-5-14(6-8-17-2)9-12(10-15)13-11-3-4-11/h11-13,15H,3-10H2,1-2H3. The summed E-state index contributed by atoms with van der Waals surface area (Å²) in [6.07, 6.45) is 2.49. The third-order valence-corrected chi connectivity index (χ3v) is 2.97. The molecule has 17 heavy (non-hydrogen) atoms. The van der Waals surface area contributed by atoms with Crippen molar-refractivity contribution < 1.29 is 14.6 Å². The number of rotatable bonds is 11. The van der Waals surface area contributed by atoms with Crippen LogP contribution in [-0.2, 0) is 9.47 Å². The molecule has 0 amide bonds. The molecule has 2 N–H and O–H groups in total. The summed E-state index contributed by atoms with van der Waals surface area (Å²) < 4.78 is 10.2. The van der Waals surface area contributed by atoms with E-state index in [-0.39, 0.29) is 12.6 Å². The summed E-state index contributed by atoms with van der Waals surface area (Å²) in [5.74, 6) is 0. The van der Waals surface area contributed by atoms with Crippen molar-refractivity contribution in [2.24, 2.45) is 0 Å². The first-order valence-electron chi connectivity index (χ1n) is 6.37. The van der Waals surface area contributed by atoms with Crippen molar-refractivity contribution in [2.45, 2.75) is 24.9 Å². The molecule has 0 aromatic carbocycles. The van der Waals surface area contributed by atoms with Crippen molar-refractivity contribution in [3.8, 4) is 0 Å². The van der Waals surface area contributed by atoms with Crippen LogP contribution in [0.25, 0.3) is 0 Å². The van der Waals surface area contributed by atoms with Gasteiger partial charge in [0.05, 0.1) is 19.8 Å². The summed E-state index contributed by atoms with van der Waals surface area (Å²) in [6.45, 7) is 4.22. The van der Waals surface area contributed by atoms with Gasteiger partial charge in [0.2, 0.25) is 0 Å². The maximum absolute atomic E-state index is 9.35. The van der Waals surface area contributed by atoms with Gasteiger partial charge in [-0.3, -0.25) is 4.90 Å². The molecule has 0 aromatic rings. The number of hydrogen-bond donors (Lipinski definition) is 2. The van der Waals surface area contributed by atoms with Crippen molar-refractivity contribution in [1.82, 2.24) is 10.2 Å². The van der Waals surface area contributed by atoms with Crippen LogP contribution in [0, 0.1) is 0 Å². The zero-order chi connectivity index (χ0) is 12.5. The minimum Gasteiger partial charge on any atom is -0.395 e. The second kappa shape index (κ2) is 8.83. The highest BCUT2D eigenvalue weighted by Gasteiger charge is 2.25. The van der Waals surface area contributed by atoms with E-state index in [9.17, 15) is 5.11 Å². The Balaban J connectivity index is 2.26. The topological polar surface area (TPSA) is 54.0 Å². The Bertz CT molecular complexity index is 181. The number of ether oxygens (including phenoxy) is 2. The molecule has 1 atom stereocenters. The summed E-state index contributed by atoms with van der Waals surface area (Å²) in [6, 6.07) is 0.787. The van der Waals surface area contributed by atoms with Crippen LogP contribution in [-0.4, -0.2) is 75.8 Å². The smallest absolute Gasteiger partial charge is 0.0597 e. The van der Waals surface area contributed by atoms with Gasteiger partial charge in [-0.05, 0) is 12.8 Å². The predicted molar refractivity (Wildman–Crippen MR) is 67.2 cm³/mol. The van der Waals surface area contributed by atoms with Crippen LogP contribution in [0.5, 0.6) is 0 Å². The molecule has 1 saturated carbocycles. The van der Waals surface area contributed by atoms with Gasteiger partial charge in [-0.25, -0.2) is 0 Å². The fourth-order valence-corrected chi connectivity index (χ4v) is 1.79. The summed E-state index contributed by atoms with van der Waals surface area (Å²) >= 11 is 0. The van der Waals surface area contributed by atoms with Crippen molar-refractivity contribution in [1.29, 1.82) is 0 Å². The average Bonchev–Trinajstić information content (AvgIpc) is 3.15. The van der Waals surface area contributed by atoms with Gasteiger partial charge in [0.25, 0.3) is 0 Å². The van der Waals surface area contributed by atoms with Crippen LogP contribution in [0.3, 0.4) is 0 Å². The summed E-state index contributed by atoms with van der Waals surface area (Å²) in [5, 5.41) is 12.8. The molecule has 0 aliphatic heterocycles. The first kappa shape index (κ1) is 14.9. The van der Waals surface area contributed by atoms with Gasteiger partial charge >= 0.3 is 0 Å². The molecule has 1 aliphatic rings. The van der Waals surface area contributed by atoms with E-state index in [1.165, 1.54) is 12.8 Å². The van der Waals surface area contributed by atoms with Gasteiger partial charge < -0.3 is 19.9 Å². The largest absolute Gasteiger partial charge is 0.395 e. The molecule has 5 heteroatoms. The molecule has 5 nitrogen and oxygen atoms in total. The highest BCUT2D eigenvalue weighted by atomic mass is 16.5. The highest BCUT2D eigenvalue weighted by molar-refractivity contribution is 4.85.